The monoisotopic (exact) mass is 298 g/mol. The molecule has 0 aliphatic rings. The van der Waals surface area contributed by atoms with Gasteiger partial charge < -0.3 is 10.8 Å². The van der Waals surface area contributed by atoms with Crippen molar-refractivity contribution in [2.24, 2.45) is 5.73 Å². The zero-order valence-corrected chi connectivity index (χ0v) is 12.6. The van der Waals surface area contributed by atoms with Gasteiger partial charge in [-0.05, 0) is 11.1 Å². The van der Waals surface area contributed by atoms with Crippen molar-refractivity contribution >= 4 is 5.91 Å². The maximum absolute atomic E-state index is 11.3. The fraction of sp³-hybridized carbons (Fsp3) is 0.278. The third kappa shape index (κ3) is 4.98. The minimum atomic E-state index is -0.398. The number of carbonyl (C=O) groups is 1. The molecule has 22 heavy (non-hydrogen) atoms. The van der Waals surface area contributed by atoms with Gasteiger partial charge in [-0.3, -0.25) is 9.69 Å². The molecule has 116 valence electrons. The Balaban J connectivity index is 2.17. The number of aliphatic hydroxyl groups excluding tert-OH is 1. The Labute approximate surface area is 131 Å². The van der Waals surface area contributed by atoms with Crippen molar-refractivity contribution in [1.82, 2.24) is 4.90 Å². The summed E-state index contributed by atoms with van der Waals surface area (Å²) in [4.78, 5) is 13.4. The lowest BCUT2D eigenvalue weighted by Gasteiger charge is -2.30. The number of aliphatic hydroxyl groups is 1. The average Bonchev–Trinajstić information content (AvgIpc) is 2.54. The molecule has 2 aromatic rings. The van der Waals surface area contributed by atoms with Crippen LogP contribution in [-0.4, -0.2) is 28.6 Å². The van der Waals surface area contributed by atoms with Crippen LogP contribution >= 0.6 is 0 Å². The maximum atomic E-state index is 11.3. The lowest BCUT2D eigenvalue weighted by atomic mass is 10.1. The van der Waals surface area contributed by atoms with E-state index in [0.717, 1.165) is 11.1 Å². The Hall–Kier alpha value is -2.17. The van der Waals surface area contributed by atoms with E-state index < -0.39 is 5.91 Å². The highest BCUT2D eigenvalue weighted by Crippen LogP contribution is 2.15. The Morgan fingerprint density at radius 3 is 1.77 bits per heavy atom. The molecule has 0 saturated carbocycles. The number of nitrogens with zero attached hydrogens (tertiary/aromatic N) is 1. The first kappa shape index (κ1) is 16.2. The maximum Gasteiger partial charge on any atom is 0.219 e. The molecule has 0 heterocycles. The second-order valence-electron chi connectivity index (χ2n) is 5.38. The predicted molar refractivity (Wildman–Crippen MR) is 86.8 cm³/mol. The summed E-state index contributed by atoms with van der Waals surface area (Å²) in [5.74, 6) is -0.398. The quantitative estimate of drug-likeness (QED) is 0.782. The summed E-state index contributed by atoms with van der Waals surface area (Å²) in [7, 11) is 0. The van der Waals surface area contributed by atoms with E-state index in [1.54, 1.807) is 0 Å². The fourth-order valence-corrected chi connectivity index (χ4v) is 2.49. The van der Waals surface area contributed by atoms with Crippen LogP contribution in [0.4, 0.5) is 0 Å². The molecule has 2 aromatic carbocycles. The zero-order chi connectivity index (χ0) is 15.8. The van der Waals surface area contributed by atoms with Crippen LogP contribution in [0.2, 0.25) is 0 Å². The van der Waals surface area contributed by atoms with Gasteiger partial charge in [0.2, 0.25) is 5.91 Å². The highest BCUT2D eigenvalue weighted by atomic mass is 16.3. The first-order valence-electron chi connectivity index (χ1n) is 7.40. The van der Waals surface area contributed by atoms with Crippen molar-refractivity contribution in [2.75, 3.05) is 6.61 Å². The topological polar surface area (TPSA) is 66.6 Å². The summed E-state index contributed by atoms with van der Waals surface area (Å²) in [6.45, 7) is 1.23. The zero-order valence-electron chi connectivity index (χ0n) is 12.6. The second kappa shape index (κ2) is 8.32. The Morgan fingerprint density at radius 2 is 1.41 bits per heavy atom. The molecule has 0 aliphatic carbocycles. The molecule has 0 saturated heterocycles. The molecule has 0 unspecified atom stereocenters. The SMILES string of the molecule is NC(=O)C[C@H](CO)N(Cc1ccccc1)Cc1ccccc1. The van der Waals surface area contributed by atoms with Gasteiger partial charge in [0, 0.05) is 25.6 Å². The average molecular weight is 298 g/mol. The van der Waals surface area contributed by atoms with E-state index in [1.807, 2.05) is 60.7 Å². The molecule has 1 amide bonds. The fourth-order valence-electron chi connectivity index (χ4n) is 2.49. The normalized spacial score (nSPS) is 12.3. The summed E-state index contributed by atoms with van der Waals surface area (Å²) in [6.07, 6.45) is 0.149. The molecule has 1 atom stereocenters. The van der Waals surface area contributed by atoms with Crippen LogP contribution in [0.1, 0.15) is 17.5 Å². The first-order chi connectivity index (χ1) is 10.7. The van der Waals surface area contributed by atoms with Crippen LogP contribution in [0.25, 0.3) is 0 Å². The van der Waals surface area contributed by atoms with Gasteiger partial charge in [-0.2, -0.15) is 0 Å². The van der Waals surface area contributed by atoms with Gasteiger partial charge in [0.1, 0.15) is 0 Å². The molecule has 0 aliphatic heterocycles. The third-order valence-corrected chi connectivity index (χ3v) is 3.62. The Bertz CT molecular complexity index is 531. The van der Waals surface area contributed by atoms with Crippen LogP contribution in [-0.2, 0) is 17.9 Å². The molecule has 0 bridgehead atoms. The molecule has 0 radical (unpaired) electrons. The van der Waals surface area contributed by atoms with Crippen LogP contribution in [0, 0.1) is 0 Å². The predicted octanol–water partition coefficient (Wildman–Crippen LogP) is 1.93. The number of carbonyl (C=O) groups excluding carboxylic acids is 1. The van der Waals surface area contributed by atoms with E-state index >= 15 is 0 Å². The van der Waals surface area contributed by atoms with Gasteiger partial charge in [0.25, 0.3) is 0 Å². The molecular weight excluding hydrogens is 276 g/mol. The largest absolute Gasteiger partial charge is 0.395 e. The third-order valence-electron chi connectivity index (χ3n) is 3.62. The van der Waals surface area contributed by atoms with Crippen LogP contribution in [0.5, 0.6) is 0 Å². The standard InChI is InChI=1S/C18H22N2O2/c19-18(22)11-17(14-21)20(12-15-7-3-1-4-8-15)13-16-9-5-2-6-10-16/h1-10,17,21H,11-14H2,(H2,19,22)/t17-/m1/s1. The molecule has 0 fully saturated rings. The number of amides is 1. The number of benzene rings is 2. The molecular formula is C18H22N2O2. The summed E-state index contributed by atoms with van der Waals surface area (Å²) in [5.41, 5.74) is 7.60. The van der Waals surface area contributed by atoms with Crippen LogP contribution in [0.3, 0.4) is 0 Å². The van der Waals surface area contributed by atoms with Crippen molar-refractivity contribution in [3.63, 3.8) is 0 Å². The Morgan fingerprint density at radius 1 is 0.955 bits per heavy atom. The minimum absolute atomic E-state index is 0.0946. The Kier molecular flexibility index (Phi) is 6.13. The van der Waals surface area contributed by atoms with Crippen molar-refractivity contribution in [2.45, 2.75) is 25.6 Å². The second-order valence-corrected chi connectivity index (χ2v) is 5.38. The number of rotatable bonds is 8. The van der Waals surface area contributed by atoms with E-state index in [1.165, 1.54) is 0 Å². The highest BCUT2D eigenvalue weighted by molar-refractivity contribution is 5.74. The van der Waals surface area contributed by atoms with Gasteiger partial charge in [-0.1, -0.05) is 60.7 Å². The van der Waals surface area contributed by atoms with Crippen molar-refractivity contribution in [1.29, 1.82) is 0 Å². The summed E-state index contributed by atoms with van der Waals surface area (Å²) in [5, 5.41) is 9.65. The van der Waals surface area contributed by atoms with E-state index in [0.29, 0.717) is 13.1 Å². The molecule has 4 heteroatoms. The number of hydrogen-bond donors (Lipinski definition) is 2. The summed E-state index contributed by atoms with van der Waals surface area (Å²) < 4.78 is 0. The van der Waals surface area contributed by atoms with Gasteiger partial charge >= 0.3 is 0 Å². The minimum Gasteiger partial charge on any atom is -0.395 e. The lowest BCUT2D eigenvalue weighted by molar-refractivity contribution is -0.119. The van der Waals surface area contributed by atoms with Crippen molar-refractivity contribution in [3.8, 4) is 0 Å². The molecule has 2 rings (SSSR count). The van der Waals surface area contributed by atoms with E-state index in [2.05, 4.69) is 4.90 Å². The number of primary amides is 1. The number of hydrogen-bond acceptors (Lipinski definition) is 3. The highest BCUT2D eigenvalue weighted by Gasteiger charge is 2.20. The van der Waals surface area contributed by atoms with E-state index in [9.17, 15) is 9.90 Å². The molecule has 4 nitrogen and oxygen atoms in total. The number of nitrogens with two attached hydrogens (primary N) is 1. The lowest BCUT2D eigenvalue weighted by Crippen LogP contribution is -2.40. The van der Waals surface area contributed by atoms with Gasteiger partial charge in [-0.25, -0.2) is 0 Å². The van der Waals surface area contributed by atoms with E-state index in [4.69, 9.17) is 5.73 Å². The van der Waals surface area contributed by atoms with Crippen molar-refractivity contribution < 1.29 is 9.90 Å². The van der Waals surface area contributed by atoms with Crippen LogP contribution in [0.15, 0.2) is 60.7 Å². The van der Waals surface area contributed by atoms with Crippen molar-refractivity contribution in [3.05, 3.63) is 71.8 Å². The van der Waals surface area contributed by atoms with Gasteiger partial charge in [-0.15, -0.1) is 0 Å². The van der Waals surface area contributed by atoms with Gasteiger partial charge in [0.15, 0.2) is 0 Å². The summed E-state index contributed by atoms with van der Waals surface area (Å²) in [6, 6.07) is 19.8. The smallest absolute Gasteiger partial charge is 0.219 e. The summed E-state index contributed by atoms with van der Waals surface area (Å²) >= 11 is 0. The first-order valence-corrected chi connectivity index (χ1v) is 7.40. The van der Waals surface area contributed by atoms with Crippen LogP contribution < -0.4 is 5.73 Å². The molecule has 0 spiro atoms. The van der Waals surface area contributed by atoms with Gasteiger partial charge in [0.05, 0.1) is 6.61 Å². The molecule has 3 N–H and O–H groups in total. The molecule has 0 aromatic heterocycles. The van der Waals surface area contributed by atoms with E-state index in [-0.39, 0.29) is 19.1 Å².